The first-order valence-electron chi connectivity index (χ1n) is 9.66. The number of ether oxygens (including phenoxy) is 1. The van der Waals surface area contributed by atoms with Crippen LogP contribution in [0.5, 0.6) is 0 Å². The second-order valence-electron chi connectivity index (χ2n) is 7.42. The largest absolute Gasteiger partial charge is 0.465 e. The van der Waals surface area contributed by atoms with Crippen molar-refractivity contribution in [1.29, 1.82) is 0 Å². The first-order valence-corrected chi connectivity index (χ1v) is 9.66. The van der Waals surface area contributed by atoms with Crippen LogP contribution in [0, 0.1) is 0 Å². The highest BCUT2D eigenvalue weighted by Crippen LogP contribution is 2.40. The van der Waals surface area contributed by atoms with Crippen molar-refractivity contribution in [3.8, 4) is 0 Å². The summed E-state index contributed by atoms with van der Waals surface area (Å²) < 4.78 is 10.5. The Morgan fingerprint density at radius 2 is 1.68 bits per heavy atom. The van der Waals surface area contributed by atoms with Crippen molar-refractivity contribution in [2.45, 2.75) is 37.5 Å². The Morgan fingerprint density at radius 3 is 2.25 bits per heavy atom. The SMILES string of the molecule is COC(=O)c1ccc(NC(=O)CN2CCC(c3nnc(C4CC4)o3)CC2)cc1. The Hall–Kier alpha value is -2.74. The molecule has 1 saturated carbocycles. The van der Waals surface area contributed by atoms with Gasteiger partial charge in [0.25, 0.3) is 0 Å². The summed E-state index contributed by atoms with van der Waals surface area (Å²) in [4.78, 5) is 25.9. The van der Waals surface area contributed by atoms with Gasteiger partial charge in [0.15, 0.2) is 0 Å². The summed E-state index contributed by atoms with van der Waals surface area (Å²) >= 11 is 0. The first-order chi connectivity index (χ1) is 13.6. The van der Waals surface area contributed by atoms with Crippen LogP contribution in [-0.4, -0.2) is 53.7 Å². The molecule has 1 saturated heterocycles. The monoisotopic (exact) mass is 384 g/mol. The maximum Gasteiger partial charge on any atom is 0.337 e. The van der Waals surface area contributed by atoms with E-state index in [9.17, 15) is 9.59 Å². The number of nitrogens with one attached hydrogen (secondary N) is 1. The number of anilines is 1. The number of benzene rings is 1. The molecule has 2 fully saturated rings. The lowest BCUT2D eigenvalue weighted by atomic mass is 9.97. The van der Waals surface area contributed by atoms with Gasteiger partial charge in [0.05, 0.1) is 19.2 Å². The first kappa shape index (κ1) is 18.6. The molecule has 8 nitrogen and oxygen atoms in total. The van der Waals surface area contributed by atoms with Crippen LogP contribution in [0.1, 0.15) is 59.7 Å². The Morgan fingerprint density at radius 1 is 1.07 bits per heavy atom. The van der Waals surface area contributed by atoms with E-state index in [1.165, 1.54) is 7.11 Å². The lowest BCUT2D eigenvalue weighted by Crippen LogP contribution is -2.38. The Bertz CT molecular complexity index is 836. The summed E-state index contributed by atoms with van der Waals surface area (Å²) in [6, 6.07) is 6.66. The van der Waals surface area contributed by atoms with Gasteiger partial charge >= 0.3 is 5.97 Å². The molecule has 8 heteroatoms. The zero-order valence-electron chi connectivity index (χ0n) is 15.9. The predicted molar refractivity (Wildman–Crippen MR) is 101 cm³/mol. The maximum absolute atomic E-state index is 12.3. The number of aromatic nitrogens is 2. The molecule has 28 heavy (non-hydrogen) atoms. The summed E-state index contributed by atoms with van der Waals surface area (Å²) in [6.45, 7) is 1.98. The number of hydrogen-bond donors (Lipinski definition) is 1. The van der Waals surface area contributed by atoms with E-state index < -0.39 is 5.97 Å². The van der Waals surface area contributed by atoms with Crippen molar-refractivity contribution in [3.05, 3.63) is 41.6 Å². The Kier molecular flexibility index (Phi) is 5.38. The molecule has 0 atom stereocenters. The van der Waals surface area contributed by atoms with Crippen molar-refractivity contribution >= 4 is 17.6 Å². The summed E-state index contributed by atoms with van der Waals surface area (Å²) in [7, 11) is 1.34. The molecule has 0 unspecified atom stereocenters. The van der Waals surface area contributed by atoms with Gasteiger partial charge in [0, 0.05) is 17.5 Å². The van der Waals surface area contributed by atoms with Gasteiger partial charge in [-0.2, -0.15) is 0 Å². The fourth-order valence-electron chi connectivity index (χ4n) is 3.46. The van der Waals surface area contributed by atoms with E-state index in [1.807, 2.05) is 0 Å². The lowest BCUT2D eigenvalue weighted by molar-refractivity contribution is -0.117. The van der Waals surface area contributed by atoms with E-state index in [-0.39, 0.29) is 11.8 Å². The number of rotatable bonds is 6. The van der Waals surface area contributed by atoms with Crippen LogP contribution in [0.4, 0.5) is 5.69 Å². The van der Waals surface area contributed by atoms with Gasteiger partial charge in [-0.05, 0) is 63.0 Å². The molecule has 1 aliphatic heterocycles. The molecule has 148 valence electrons. The minimum atomic E-state index is -0.397. The number of likely N-dealkylation sites (tertiary alicyclic amines) is 1. The molecule has 0 spiro atoms. The number of carbonyl (C=O) groups is 2. The molecule has 2 heterocycles. The summed E-state index contributed by atoms with van der Waals surface area (Å²) in [5.41, 5.74) is 1.11. The second-order valence-corrected chi connectivity index (χ2v) is 7.42. The highest BCUT2D eigenvalue weighted by molar-refractivity contribution is 5.93. The second kappa shape index (κ2) is 8.10. The highest BCUT2D eigenvalue weighted by Gasteiger charge is 2.32. The van der Waals surface area contributed by atoms with Crippen LogP contribution in [0.2, 0.25) is 0 Å². The maximum atomic E-state index is 12.3. The summed E-state index contributed by atoms with van der Waals surface area (Å²) in [5, 5.41) is 11.3. The van der Waals surface area contributed by atoms with Crippen molar-refractivity contribution in [2.75, 3.05) is 32.1 Å². The zero-order chi connectivity index (χ0) is 19.5. The van der Waals surface area contributed by atoms with Gasteiger partial charge < -0.3 is 14.5 Å². The molecule has 1 aromatic heterocycles. The number of carbonyl (C=O) groups excluding carboxylic acids is 2. The van der Waals surface area contributed by atoms with Gasteiger partial charge in [-0.15, -0.1) is 10.2 Å². The molecule has 2 aliphatic rings. The van der Waals surface area contributed by atoms with Crippen LogP contribution in [-0.2, 0) is 9.53 Å². The number of piperidine rings is 1. The van der Waals surface area contributed by atoms with E-state index in [4.69, 9.17) is 4.42 Å². The fraction of sp³-hybridized carbons (Fsp3) is 0.500. The zero-order valence-corrected chi connectivity index (χ0v) is 15.9. The fourth-order valence-corrected chi connectivity index (χ4v) is 3.46. The molecule has 0 radical (unpaired) electrons. The third-order valence-electron chi connectivity index (χ3n) is 5.28. The van der Waals surface area contributed by atoms with Crippen molar-refractivity contribution in [1.82, 2.24) is 15.1 Å². The van der Waals surface area contributed by atoms with Crippen LogP contribution >= 0.6 is 0 Å². The van der Waals surface area contributed by atoms with Crippen molar-refractivity contribution < 1.29 is 18.7 Å². The van der Waals surface area contributed by atoms with E-state index in [2.05, 4.69) is 25.2 Å². The van der Waals surface area contributed by atoms with Crippen LogP contribution in [0.15, 0.2) is 28.7 Å². The third-order valence-corrected chi connectivity index (χ3v) is 5.28. The number of amides is 1. The lowest BCUT2D eigenvalue weighted by Gasteiger charge is -2.29. The third kappa shape index (κ3) is 4.39. The number of nitrogens with zero attached hydrogens (tertiary/aromatic N) is 3. The van der Waals surface area contributed by atoms with Gasteiger partial charge in [-0.1, -0.05) is 0 Å². The van der Waals surface area contributed by atoms with E-state index >= 15 is 0 Å². The molecule has 1 aromatic carbocycles. The summed E-state index contributed by atoms with van der Waals surface area (Å²) in [5.74, 6) is 1.83. The molecular weight excluding hydrogens is 360 g/mol. The number of hydrogen-bond acceptors (Lipinski definition) is 7. The highest BCUT2D eigenvalue weighted by atomic mass is 16.5. The molecule has 1 N–H and O–H groups in total. The number of esters is 1. The van der Waals surface area contributed by atoms with E-state index in [1.54, 1.807) is 24.3 Å². The molecule has 0 bridgehead atoms. The average Bonchev–Trinajstić information content (AvgIpc) is 3.45. The summed E-state index contributed by atoms with van der Waals surface area (Å²) in [6.07, 6.45) is 4.13. The molecule has 2 aromatic rings. The minimum Gasteiger partial charge on any atom is -0.465 e. The van der Waals surface area contributed by atoms with Gasteiger partial charge in [0.2, 0.25) is 17.7 Å². The quantitative estimate of drug-likeness (QED) is 0.764. The normalized spacial score (nSPS) is 18.0. The number of methoxy groups -OCH3 is 1. The topological polar surface area (TPSA) is 97.6 Å². The van der Waals surface area contributed by atoms with Crippen LogP contribution < -0.4 is 5.32 Å². The average molecular weight is 384 g/mol. The minimum absolute atomic E-state index is 0.0712. The van der Waals surface area contributed by atoms with E-state index in [0.29, 0.717) is 23.7 Å². The Balaban J connectivity index is 1.23. The standard InChI is InChI=1S/C20H24N4O4/c1-27-20(26)15-4-6-16(7-5-15)21-17(25)12-24-10-8-14(9-11-24)19-23-22-18(28-19)13-2-3-13/h4-7,13-14H,2-3,8-12H2,1H3,(H,21,25). The van der Waals surface area contributed by atoms with E-state index in [0.717, 1.165) is 50.6 Å². The molecule has 1 aliphatic carbocycles. The van der Waals surface area contributed by atoms with Crippen molar-refractivity contribution in [3.63, 3.8) is 0 Å². The van der Waals surface area contributed by atoms with Crippen LogP contribution in [0.3, 0.4) is 0 Å². The Labute approximate surface area is 163 Å². The smallest absolute Gasteiger partial charge is 0.337 e. The van der Waals surface area contributed by atoms with Crippen molar-refractivity contribution in [2.24, 2.45) is 0 Å². The van der Waals surface area contributed by atoms with Gasteiger partial charge in [-0.25, -0.2) is 4.79 Å². The van der Waals surface area contributed by atoms with Gasteiger partial charge in [-0.3, -0.25) is 9.69 Å². The predicted octanol–water partition coefficient (Wildman–Crippen LogP) is 2.55. The van der Waals surface area contributed by atoms with Gasteiger partial charge in [0.1, 0.15) is 0 Å². The van der Waals surface area contributed by atoms with Crippen LogP contribution in [0.25, 0.3) is 0 Å². The molecule has 1 amide bonds. The molecular formula is C20H24N4O4. The molecule has 4 rings (SSSR count).